The van der Waals surface area contributed by atoms with Crippen LogP contribution in [0.1, 0.15) is 29.6 Å². The number of ketones is 1. The lowest BCUT2D eigenvalue weighted by atomic mass is 10.1. The Morgan fingerprint density at radius 3 is 2.27 bits per heavy atom. The zero-order valence-corrected chi connectivity index (χ0v) is 17.1. The summed E-state index contributed by atoms with van der Waals surface area (Å²) in [5, 5.41) is 0. The number of piperazine rings is 1. The number of hydrogen-bond acceptors (Lipinski definition) is 5. The van der Waals surface area contributed by atoms with Crippen molar-refractivity contribution in [3.8, 4) is 0 Å². The number of carbonyl (C=O) groups is 1. The molecule has 6 heteroatoms. The maximum atomic E-state index is 12.2. The van der Waals surface area contributed by atoms with Gasteiger partial charge in [-0.1, -0.05) is 54.3 Å². The largest absolute Gasteiger partial charge is 0.355 e. The minimum Gasteiger partial charge on any atom is -0.355 e. The number of likely N-dealkylation sites (tertiary alicyclic amines) is 1. The van der Waals surface area contributed by atoms with Crippen LogP contribution in [0.4, 0.5) is 0 Å². The minimum atomic E-state index is 0.237. The molecule has 4 nitrogen and oxygen atoms in total. The van der Waals surface area contributed by atoms with Gasteiger partial charge in [-0.15, -0.1) is 0 Å². The summed E-state index contributed by atoms with van der Waals surface area (Å²) in [6, 6.07) is 9.60. The molecule has 0 unspecified atom stereocenters. The van der Waals surface area contributed by atoms with Gasteiger partial charge in [0, 0.05) is 57.0 Å². The first-order valence-corrected chi connectivity index (χ1v) is 11.1. The highest BCUT2D eigenvalue weighted by Crippen LogP contribution is 2.15. The Labute approximate surface area is 166 Å². The molecule has 0 amide bonds. The molecular weight excluding hydrogens is 362 g/mol. The molecular formula is C20H29N3OS2. The molecule has 3 rings (SSSR count). The second kappa shape index (κ2) is 10.4. The van der Waals surface area contributed by atoms with E-state index in [1.165, 1.54) is 25.9 Å². The van der Waals surface area contributed by atoms with E-state index < -0.39 is 0 Å². The Morgan fingerprint density at radius 1 is 0.923 bits per heavy atom. The molecule has 2 saturated heterocycles. The van der Waals surface area contributed by atoms with E-state index in [1.54, 1.807) is 0 Å². The number of benzene rings is 1. The van der Waals surface area contributed by atoms with Gasteiger partial charge in [-0.25, -0.2) is 0 Å². The van der Waals surface area contributed by atoms with Crippen molar-refractivity contribution in [1.82, 2.24) is 14.7 Å². The Hall–Kier alpha value is -0.950. The fourth-order valence-corrected chi connectivity index (χ4v) is 4.86. The first kappa shape index (κ1) is 19.8. The van der Waals surface area contributed by atoms with Crippen LogP contribution in [0.3, 0.4) is 0 Å². The van der Waals surface area contributed by atoms with Crippen LogP contribution in [0.15, 0.2) is 30.3 Å². The summed E-state index contributed by atoms with van der Waals surface area (Å²) in [7, 11) is 0. The molecule has 0 aliphatic carbocycles. The second-order valence-electron chi connectivity index (χ2n) is 7.03. The summed E-state index contributed by atoms with van der Waals surface area (Å²) in [5.41, 5.74) is 0.821. The molecule has 2 aliphatic heterocycles. The zero-order chi connectivity index (χ0) is 18.2. The molecule has 0 atom stereocenters. The van der Waals surface area contributed by atoms with Gasteiger partial charge >= 0.3 is 0 Å². The molecule has 0 aromatic heterocycles. The molecule has 1 aromatic rings. The van der Waals surface area contributed by atoms with E-state index in [0.29, 0.717) is 6.42 Å². The van der Waals surface area contributed by atoms with Crippen molar-refractivity contribution in [3.05, 3.63) is 35.9 Å². The van der Waals surface area contributed by atoms with E-state index in [2.05, 4.69) is 14.7 Å². The minimum absolute atomic E-state index is 0.237. The smallest absolute Gasteiger partial charge is 0.164 e. The molecule has 2 fully saturated rings. The van der Waals surface area contributed by atoms with E-state index in [9.17, 15) is 4.79 Å². The van der Waals surface area contributed by atoms with E-state index >= 15 is 0 Å². The van der Waals surface area contributed by atoms with E-state index in [1.807, 2.05) is 42.1 Å². The highest BCUT2D eigenvalue weighted by Gasteiger charge is 2.20. The van der Waals surface area contributed by atoms with E-state index in [0.717, 1.165) is 54.9 Å². The summed E-state index contributed by atoms with van der Waals surface area (Å²) in [6.07, 6.45) is 3.30. The van der Waals surface area contributed by atoms with Crippen LogP contribution in [-0.4, -0.2) is 82.9 Å². The lowest BCUT2D eigenvalue weighted by Gasteiger charge is -2.35. The molecule has 2 heterocycles. The van der Waals surface area contributed by atoms with Gasteiger partial charge < -0.3 is 9.80 Å². The quantitative estimate of drug-likeness (QED) is 0.524. The molecule has 0 N–H and O–H groups in total. The normalized spacial score (nSPS) is 19.0. The topological polar surface area (TPSA) is 26.8 Å². The van der Waals surface area contributed by atoms with Gasteiger partial charge in [0.25, 0.3) is 0 Å². The third kappa shape index (κ3) is 6.05. The summed E-state index contributed by atoms with van der Waals surface area (Å²) in [4.78, 5) is 19.5. The standard InChI is InChI=1S/C20H29N3OS2/c24-19(18-6-2-1-3-7-18)8-11-22-12-14-23(15-13-22)20(25)26-17-16-21-9-4-5-10-21/h1-3,6-7H,4-5,8-17H2. The Kier molecular flexibility index (Phi) is 7.92. The first-order chi connectivity index (χ1) is 12.7. The van der Waals surface area contributed by atoms with Crippen molar-refractivity contribution in [3.63, 3.8) is 0 Å². The van der Waals surface area contributed by atoms with Crippen LogP contribution < -0.4 is 0 Å². The maximum absolute atomic E-state index is 12.2. The summed E-state index contributed by atoms with van der Waals surface area (Å²) < 4.78 is 1.05. The van der Waals surface area contributed by atoms with Crippen molar-refractivity contribution in [1.29, 1.82) is 0 Å². The first-order valence-electron chi connectivity index (χ1n) is 9.67. The van der Waals surface area contributed by atoms with Gasteiger partial charge in [0.15, 0.2) is 5.78 Å². The van der Waals surface area contributed by atoms with E-state index in [-0.39, 0.29) is 5.78 Å². The van der Waals surface area contributed by atoms with Crippen molar-refractivity contribution < 1.29 is 4.79 Å². The van der Waals surface area contributed by atoms with Crippen molar-refractivity contribution >= 4 is 34.1 Å². The van der Waals surface area contributed by atoms with Crippen molar-refractivity contribution in [2.75, 3.05) is 58.1 Å². The molecule has 0 saturated carbocycles. The molecule has 0 spiro atoms. The van der Waals surface area contributed by atoms with Gasteiger partial charge in [-0.2, -0.15) is 0 Å². The SMILES string of the molecule is O=C(CCN1CCN(C(=S)SCCN2CCCC2)CC1)c1ccccc1. The highest BCUT2D eigenvalue weighted by atomic mass is 32.2. The lowest BCUT2D eigenvalue weighted by Crippen LogP contribution is -2.48. The maximum Gasteiger partial charge on any atom is 0.164 e. The monoisotopic (exact) mass is 391 g/mol. The third-order valence-corrected chi connectivity index (χ3v) is 6.72. The zero-order valence-electron chi connectivity index (χ0n) is 15.4. The molecule has 142 valence electrons. The molecule has 2 aliphatic rings. The van der Waals surface area contributed by atoms with Crippen LogP contribution >= 0.6 is 24.0 Å². The summed E-state index contributed by atoms with van der Waals surface area (Å²) in [5.74, 6) is 1.34. The van der Waals surface area contributed by atoms with Crippen LogP contribution in [0.5, 0.6) is 0 Å². The average molecular weight is 392 g/mol. The van der Waals surface area contributed by atoms with Gasteiger partial charge in [-0.05, 0) is 25.9 Å². The predicted octanol–water partition coefficient (Wildman–Crippen LogP) is 2.99. The Morgan fingerprint density at radius 2 is 1.58 bits per heavy atom. The average Bonchev–Trinajstić information content (AvgIpc) is 3.20. The number of carbonyl (C=O) groups excluding carboxylic acids is 1. The Balaban J connectivity index is 1.30. The molecule has 0 bridgehead atoms. The van der Waals surface area contributed by atoms with Gasteiger partial charge in [0.1, 0.15) is 4.32 Å². The number of hydrogen-bond donors (Lipinski definition) is 0. The number of thiocarbonyl (C=S) groups is 1. The highest BCUT2D eigenvalue weighted by molar-refractivity contribution is 8.22. The lowest BCUT2D eigenvalue weighted by molar-refractivity contribution is 0.0952. The number of nitrogens with zero attached hydrogens (tertiary/aromatic N) is 3. The van der Waals surface area contributed by atoms with E-state index in [4.69, 9.17) is 12.2 Å². The number of Topliss-reactive ketones (excluding diaryl/α,β-unsaturated/α-hetero) is 1. The van der Waals surface area contributed by atoms with Gasteiger partial charge in [-0.3, -0.25) is 9.69 Å². The van der Waals surface area contributed by atoms with Gasteiger partial charge in [0.05, 0.1) is 0 Å². The fourth-order valence-electron chi connectivity index (χ4n) is 3.54. The van der Waals surface area contributed by atoms with Crippen LogP contribution in [-0.2, 0) is 0 Å². The van der Waals surface area contributed by atoms with Crippen LogP contribution in [0, 0.1) is 0 Å². The van der Waals surface area contributed by atoms with Gasteiger partial charge in [0.2, 0.25) is 0 Å². The third-order valence-electron chi connectivity index (χ3n) is 5.21. The predicted molar refractivity (Wildman–Crippen MR) is 114 cm³/mol. The van der Waals surface area contributed by atoms with Crippen LogP contribution in [0.2, 0.25) is 0 Å². The number of rotatable bonds is 7. The summed E-state index contributed by atoms with van der Waals surface area (Å²) >= 11 is 7.45. The Bertz CT molecular complexity index is 582. The molecule has 26 heavy (non-hydrogen) atoms. The fraction of sp³-hybridized carbons (Fsp3) is 0.600. The van der Waals surface area contributed by atoms with Crippen LogP contribution in [0.25, 0.3) is 0 Å². The second-order valence-corrected chi connectivity index (χ2v) is 8.76. The summed E-state index contributed by atoms with van der Waals surface area (Å²) in [6.45, 7) is 8.47. The van der Waals surface area contributed by atoms with Crippen molar-refractivity contribution in [2.24, 2.45) is 0 Å². The van der Waals surface area contributed by atoms with Crippen molar-refractivity contribution in [2.45, 2.75) is 19.3 Å². The molecule has 1 aromatic carbocycles. The number of thioether (sulfide) groups is 1. The molecule has 0 radical (unpaired) electrons.